The first-order chi connectivity index (χ1) is 8.96. The minimum Gasteiger partial charge on any atom is -0.392 e. The van der Waals surface area contributed by atoms with Crippen LogP contribution in [-0.2, 0) is 21.4 Å². The average Bonchev–Trinajstić information content (AvgIpc) is 2.39. The van der Waals surface area contributed by atoms with Crippen LogP contribution >= 0.6 is 0 Å². The molecule has 1 aromatic carbocycles. The Labute approximate surface area is 113 Å². The summed E-state index contributed by atoms with van der Waals surface area (Å²) in [7, 11) is -3.53. The van der Waals surface area contributed by atoms with Gasteiger partial charge in [-0.1, -0.05) is 12.1 Å². The molecule has 0 aliphatic carbocycles. The summed E-state index contributed by atoms with van der Waals surface area (Å²) in [5, 5.41) is 9.15. The maximum Gasteiger partial charge on any atom is 0.243 e. The summed E-state index contributed by atoms with van der Waals surface area (Å²) in [6, 6.07) is 4.84. The molecule has 0 spiro atoms. The molecule has 106 valence electrons. The lowest BCUT2D eigenvalue weighted by molar-refractivity contribution is 0.0392. The third-order valence-corrected chi connectivity index (χ3v) is 5.48. The summed E-state index contributed by atoms with van der Waals surface area (Å²) in [4.78, 5) is 0.271. The first-order valence-electron chi connectivity index (χ1n) is 6.27. The van der Waals surface area contributed by atoms with Gasteiger partial charge < -0.3 is 9.84 Å². The Kier molecular flexibility index (Phi) is 4.25. The predicted octanol–water partition coefficient (Wildman–Crippen LogP) is 0.897. The quantitative estimate of drug-likeness (QED) is 0.896. The molecular formula is C13H19NO4S. The second kappa shape index (κ2) is 5.58. The molecular weight excluding hydrogens is 266 g/mol. The van der Waals surface area contributed by atoms with Crippen molar-refractivity contribution in [3.05, 3.63) is 29.3 Å². The number of hydrogen-bond acceptors (Lipinski definition) is 4. The topological polar surface area (TPSA) is 66.8 Å². The van der Waals surface area contributed by atoms with Crippen LogP contribution in [0.5, 0.6) is 0 Å². The molecule has 0 aromatic heterocycles. The maximum atomic E-state index is 12.7. The summed E-state index contributed by atoms with van der Waals surface area (Å²) >= 11 is 0. The lowest BCUT2D eigenvalue weighted by Gasteiger charge is -2.32. The molecule has 0 radical (unpaired) electrons. The second-order valence-electron chi connectivity index (χ2n) is 4.80. The Bertz CT molecular complexity index is 556. The van der Waals surface area contributed by atoms with Crippen molar-refractivity contribution in [1.82, 2.24) is 4.31 Å². The third-order valence-electron chi connectivity index (χ3n) is 3.33. The normalized spacial score (nSPS) is 21.5. The van der Waals surface area contributed by atoms with Crippen molar-refractivity contribution in [3.8, 4) is 0 Å². The zero-order valence-corrected chi connectivity index (χ0v) is 12.0. The molecule has 1 atom stereocenters. The molecule has 1 aromatic rings. The molecule has 6 heteroatoms. The third kappa shape index (κ3) is 2.81. The smallest absolute Gasteiger partial charge is 0.243 e. The summed E-state index contributed by atoms with van der Waals surface area (Å²) < 4.78 is 32.1. The van der Waals surface area contributed by atoms with Crippen LogP contribution in [0.15, 0.2) is 23.1 Å². The minimum absolute atomic E-state index is 0.165. The van der Waals surface area contributed by atoms with Crippen molar-refractivity contribution in [3.63, 3.8) is 0 Å². The van der Waals surface area contributed by atoms with E-state index in [1.165, 1.54) is 4.31 Å². The van der Waals surface area contributed by atoms with Gasteiger partial charge in [-0.25, -0.2) is 8.42 Å². The van der Waals surface area contributed by atoms with E-state index in [9.17, 15) is 8.42 Å². The van der Waals surface area contributed by atoms with Gasteiger partial charge in [-0.05, 0) is 31.0 Å². The van der Waals surface area contributed by atoms with E-state index in [4.69, 9.17) is 9.84 Å². The number of hydrogen-bond donors (Lipinski definition) is 1. The number of aryl methyl sites for hydroxylation is 1. The molecule has 1 aliphatic rings. The second-order valence-corrected chi connectivity index (χ2v) is 6.66. The van der Waals surface area contributed by atoms with Crippen molar-refractivity contribution in [2.24, 2.45) is 0 Å². The standard InChI is InChI=1S/C13H19NO4S/c1-10-3-4-12(8-15)7-13(10)19(16,17)14-5-6-18-9-11(14)2/h3-4,7,11,15H,5-6,8-9H2,1-2H3. The predicted molar refractivity (Wildman–Crippen MR) is 71.3 cm³/mol. The van der Waals surface area contributed by atoms with Crippen LogP contribution in [0.25, 0.3) is 0 Å². The van der Waals surface area contributed by atoms with Gasteiger partial charge in [0.2, 0.25) is 10.0 Å². The number of sulfonamides is 1. The number of nitrogens with zero attached hydrogens (tertiary/aromatic N) is 1. The van der Waals surface area contributed by atoms with Gasteiger partial charge in [0.05, 0.1) is 24.7 Å². The van der Waals surface area contributed by atoms with Crippen molar-refractivity contribution in [2.75, 3.05) is 19.8 Å². The lowest BCUT2D eigenvalue weighted by Crippen LogP contribution is -2.47. The van der Waals surface area contributed by atoms with E-state index in [1.54, 1.807) is 25.1 Å². The van der Waals surface area contributed by atoms with Crippen LogP contribution in [0.2, 0.25) is 0 Å². The fourth-order valence-electron chi connectivity index (χ4n) is 2.22. The average molecular weight is 285 g/mol. The minimum atomic E-state index is -3.53. The zero-order valence-electron chi connectivity index (χ0n) is 11.2. The molecule has 1 fully saturated rings. The lowest BCUT2D eigenvalue weighted by atomic mass is 10.2. The van der Waals surface area contributed by atoms with Gasteiger partial charge in [0.25, 0.3) is 0 Å². The number of rotatable bonds is 3. The zero-order chi connectivity index (χ0) is 14.0. The highest BCUT2D eigenvalue weighted by molar-refractivity contribution is 7.89. The van der Waals surface area contributed by atoms with E-state index < -0.39 is 10.0 Å². The van der Waals surface area contributed by atoms with Gasteiger partial charge >= 0.3 is 0 Å². The fraction of sp³-hybridized carbons (Fsp3) is 0.538. The molecule has 0 bridgehead atoms. The first-order valence-corrected chi connectivity index (χ1v) is 7.71. The highest BCUT2D eigenvalue weighted by atomic mass is 32.2. The van der Waals surface area contributed by atoms with Crippen molar-refractivity contribution >= 4 is 10.0 Å². The maximum absolute atomic E-state index is 12.7. The molecule has 1 heterocycles. The van der Waals surface area contributed by atoms with Crippen LogP contribution in [0.1, 0.15) is 18.1 Å². The van der Waals surface area contributed by atoms with E-state index in [0.29, 0.717) is 30.9 Å². The number of ether oxygens (including phenoxy) is 1. The van der Waals surface area contributed by atoms with Gasteiger partial charge in [0.1, 0.15) is 0 Å². The van der Waals surface area contributed by atoms with E-state index in [0.717, 1.165) is 0 Å². The van der Waals surface area contributed by atoms with Gasteiger partial charge in [-0.15, -0.1) is 0 Å². The van der Waals surface area contributed by atoms with Crippen LogP contribution in [0.4, 0.5) is 0 Å². The Hall–Kier alpha value is -0.950. The highest BCUT2D eigenvalue weighted by Crippen LogP contribution is 2.24. The highest BCUT2D eigenvalue weighted by Gasteiger charge is 2.32. The molecule has 2 rings (SSSR count). The molecule has 0 amide bonds. The monoisotopic (exact) mass is 285 g/mol. The van der Waals surface area contributed by atoms with Gasteiger partial charge in [0, 0.05) is 12.6 Å². The summed E-state index contributed by atoms with van der Waals surface area (Å²) in [6.07, 6.45) is 0. The molecule has 1 unspecified atom stereocenters. The van der Waals surface area contributed by atoms with E-state index in [2.05, 4.69) is 0 Å². The van der Waals surface area contributed by atoms with Crippen LogP contribution in [0, 0.1) is 6.92 Å². The molecule has 1 aliphatic heterocycles. The van der Waals surface area contributed by atoms with E-state index in [1.807, 2.05) is 6.92 Å². The summed E-state index contributed by atoms with van der Waals surface area (Å²) in [5.74, 6) is 0. The van der Waals surface area contributed by atoms with Crippen LogP contribution in [0.3, 0.4) is 0 Å². The van der Waals surface area contributed by atoms with Crippen molar-refractivity contribution in [2.45, 2.75) is 31.4 Å². The van der Waals surface area contributed by atoms with Crippen LogP contribution in [-0.4, -0.2) is 43.6 Å². The van der Waals surface area contributed by atoms with Gasteiger partial charge in [-0.3, -0.25) is 0 Å². The molecule has 1 N–H and O–H groups in total. The van der Waals surface area contributed by atoms with E-state index >= 15 is 0 Å². The molecule has 5 nitrogen and oxygen atoms in total. The Morgan fingerprint density at radius 2 is 2.21 bits per heavy atom. The number of aliphatic hydroxyl groups excluding tert-OH is 1. The van der Waals surface area contributed by atoms with E-state index in [-0.39, 0.29) is 17.5 Å². The number of aliphatic hydroxyl groups is 1. The first kappa shape index (κ1) is 14.5. The van der Waals surface area contributed by atoms with Crippen molar-refractivity contribution < 1.29 is 18.3 Å². The fourth-order valence-corrected chi connectivity index (χ4v) is 4.09. The molecule has 19 heavy (non-hydrogen) atoms. The van der Waals surface area contributed by atoms with Gasteiger partial charge in [-0.2, -0.15) is 4.31 Å². The number of morpholine rings is 1. The largest absolute Gasteiger partial charge is 0.392 e. The SMILES string of the molecule is Cc1ccc(CO)cc1S(=O)(=O)N1CCOCC1C. The van der Waals surface area contributed by atoms with Crippen molar-refractivity contribution in [1.29, 1.82) is 0 Å². The van der Waals surface area contributed by atoms with Crippen LogP contribution < -0.4 is 0 Å². The Morgan fingerprint density at radius 3 is 2.84 bits per heavy atom. The number of benzene rings is 1. The molecule has 1 saturated heterocycles. The summed E-state index contributed by atoms with van der Waals surface area (Å²) in [5.41, 5.74) is 1.29. The Balaban J connectivity index is 2.43. The molecule has 0 saturated carbocycles. The summed E-state index contributed by atoms with van der Waals surface area (Å²) in [6.45, 7) is 4.63. The van der Waals surface area contributed by atoms with Gasteiger partial charge in [0.15, 0.2) is 0 Å². The Morgan fingerprint density at radius 1 is 1.47 bits per heavy atom.